The molecule has 29 heavy (non-hydrogen) atoms. The van der Waals surface area contributed by atoms with Crippen LogP contribution in [0.15, 0.2) is 66.7 Å². The Bertz CT molecular complexity index is 1170. The van der Waals surface area contributed by atoms with Gasteiger partial charge < -0.3 is 4.74 Å². The van der Waals surface area contributed by atoms with Gasteiger partial charge in [-0.05, 0) is 54.8 Å². The van der Waals surface area contributed by atoms with Crippen LogP contribution in [0.1, 0.15) is 28.1 Å². The van der Waals surface area contributed by atoms with E-state index in [9.17, 15) is 8.78 Å². The fourth-order valence-electron chi connectivity index (χ4n) is 3.57. The van der Waals surface area contributed by atoms with Crippen molar-refractivity contribution in [2.45, 2.75) is 26.9 Å². The van der Waals surface area contributed by atoms with Gasteiger partial charge in [0.1, 0.15) is 24.0 Å². The molecule has 1 aromatic heterocycles. The maximum Gasteiger partial charge on any atom is 0.148 e. The van der Waals surface area contributed by atoms with Crippen LogP contribution >= 0.6 is 0 Å². The molecule has 0 saturated carbocycles. The Balaban J connectivity index is 1.68. The molecule has 2 nitrogen and oxygen atoms in total. The summed E-state index contributed by atoms with van der Waals surface area (Å²) >= 11 is 0. The zero-order valence-corrected chi connectivity index (χ0v) is 16.4. The van der Waals surface area contributed by atoms with Gasteiger partial charge in [-0.2, -0.15) is 0 Å². The van der Waals surface area contributed by atoms with Crippen molar-refractivity contribution in [3.63, 3.8) is 0 Å². The number of pyridine rings is 1. The summed E-state index contributed by atoms with van der Waals surface area (Å²) in [4.78, 5) is 4.63. The molecule has 0 fully saturated rings. The van der Waals surface area contributed by atoms with Gasteiger partial charge in [0, 0.05) is 22.9 Å². The molecule has 4 rings (SSSR count). The third-order valence-electron chi connectivity index (χ3n) is 5.01. The van der Waals surface area contributed by atoms with Gasteiger partial charge in [0.05, 0.1) is 5.69 Å². The molecule has 0 aliphatic rings. The lowest BCUT2D eigenvalue weighted by Gasteiger charge is -2.15. The molecular formula is C25H21F2NO. The Labute approximate surface area is 168 Å². The standard InChI is InChI=1S/C25H21F2NO/c1-16-23-13-19(12-20-14-21(26)9-11-24(20)27)8-10-22(23)25(17(2)28-16)29-15-18-6-4-3-5-7-18/h3-11,13-14H,12,15H2,1-2H3. The molecule has 0 atom stereocenters. The minimum absolute atomic E-state index is 0.313. The maximum atomic E-state index is 14.0. The Kier molecular flexibility index (Phi) is 5.26. The summed E-state index contributed by atoms with van der Waals surface area (Å²) in [7, 11) is 0. The van der Waals surface area contributed by atoms with E-state index in [-0.39, 0.29) is 0 Å². The molecule has 0 unspecified atom stereocenters. The first-order valence-electron chi connectivity index (χ1n) is 9.52. The predicted molar refractivity (Wildman–Crippen MR) is 111 cm³/mol. The highest BCUT2D eigenvalue weighted by molar-refractivity contribution is 5.91. The first-order chi connectivity index (χ1) is 14.0. The molecule has 0 bridgehead atoms. The molecule has 0 spiro atoms. The van der Waals surface area contributed by atoms with Gasteiger partial charge in [-0.1, -0.05) is 42.5 Å². The summed E-state index contributed by atoms with van der Waals surface area (Å²) in [5.41, 5.74) is 4.02. The number of ether oxygens (including phenoxy) is 1. The third kappa shape index (κ3) is 4.11. The van der Waals surface area contributed by atoms with Crippen molar-refractivity contribution in [3.8, 4) is 5.75 Å². The zero-order chi connectivity index (χ0) is 20.4. The minimum atomic E-state index is -0.438. The third-order valence-corrected chi connectivity index (χ3v) is 5.01. The summed E-state index contributed by atoms with van der Waals surface area (Å²) in [5, 5.41) is 1.92. The van der Waals surface area contributed by atoms with E-state index in [4.69, 9.17) is 4.74 Å². The zero-order valence-electron chi connectivity index (χ0n) is 16.4. The molecule has 0 aliphatic heterocycles. The average Bonchev–Trinajstić information content (AvgIpc) is 2.71. The first-order valence-corrected chi connectivity index (χ1v) is 9.52. The molecule has 1 heterocycles. The molecule has 0 N–H and O–H groups in total. The van der Waals surface area contributed by atoms with Gasteiger partial charge in [-0.25, -0.2) is 8.78 Å². The van der Waals surface area contributed by atoms with E-state index in [1.165, 1.54) is 6.07 Å². The van der Waals surface area contributed by atoms with E-state index < -0.39 is 11.6 Å². The van der Waals surface area contributed by atoms with Crippen molar-refractivity contribution < 1.29 is 13.5 Å². The van der Waals surface area contributed by atoms with E-state index in [2.05, 4.69) is 4.98 Å². The van der Waals surface area contributed by atoms with Crippen LogP contribution in [0.2, 0.25) is 0 Å². The van der Waals surface area contributed by atoms with E-state index >= 15 is 0 Å². The van der Waals surface area contributed by atoms with Crippen LogP contribution < -0.4 is 4.74 Å². The van der Waals surface area contributed by atoms with E-state index in [1.807, 2.05) is 62.4 Å². The lowest BCUT2D eigenvalue weighted by atomic mass is 9.99. The molecule has 0 amide bonds. The van der Waals surface area contributed by atoms with Crippen LogP contribution in [-0.4, -0.2) is 4.98 Å². The van der Waals surface area contributed by atoms with Crippen LogP contribution in [-0.2, 0) is 13.0 Å². The largest absolute Gasteiger partial charge is 0.486 e. The highest BCUT2D eigenvalue weighted by Gasteiger charge is 2.13. The van der Waals surface area contributed by atoms with Crippen LogP contribution in [0.3, 0.4) is 0 Å². The highest BCUT2D eigenvalue weighted by atomic mass is 19.1. The van der Waals surface area contributed by atoms with Crippen LogP contribution in [0.5, 0.6) is 5.75 Å². The van der Waals surface area contributed by atoms with Crippen LogP contribution in [0, 0.1) is 25.5 Å². The first kappa shape index (κ1) is 19.1. The number of aryl methyl sites for hydroxylation is 2. The lowest BCUT2D eigenvalue weighted by Crippen LogP contribution is -2.01. The van der Waals surface area contributed by atoms with Crippen molar-refractivity contribution in [2.24, 2.45) is 0 Å². The fourth-order valence-corrected chi connectivity index (χ4v) is 3.57. The molecule has 0 aliphatic carbocycles. The van der Waals surface area contributed by atoms with Gasteiger partial charge >= 0.3 is 0 Å². The molecule has 0 radical (unpaired) electrons. The van der Waals surface area contributed by atoms with Crippen molar-refractivity contribution in [3.05, 3.63) is 106 Å². The second-order valence-electron chi connectivity index (χ2n) is 7.18. The lowest BCUT2D eigenvalue weighted by molar-refractivity contribution is 0.306. The molecule has 0 saturated heterocycles. The minimum Gasteiger partial charge on any atom is -0.486 e. The number of nitrogens with zero attached hydrogens (tertiary/aromatic N) is 1. The van der Waals surface area contributed by atoms with Crippen molar-refractivity contribution >= 4 is 10.8 Å². The SMILES string of the molecule is Cc1nc(C)c2cc(Cc3cc(F)ccc3F)ccc2c1OCc1ccccc1. The Morgan fingerprint density at radius 1 is 0.793 bits per heavy atom. The number of aromatic nitrogens is 1. The maximum absolute atomic E-state index is 14.0. The summed E-state index contributed by atoms with van der Waals surface area (Å²) in [6.07, 6.45) is 0.313. The monoisotopic (exact) mass is 389 g/mol. The normalized spacial score (nSPS) is 11.0. The summed E-state index contributed by atoms with van der Waals surface area (Å²) in [6.45, 7) is 4.34. The van der Waals surface area contributed by atoms with E-state index in [0.717, 1.165) is 51.2 Å². The number of hydrogen-bond donors (Lipinski definition) is 0. The van der Waals surface area contributed by atoms with Crippen molar-refractivity contribution in [2.75, 3.05) is 0 Å². The number of halogens is 2. The predicted octanol–water partition coefficient (Wildman–Crippen LogP) is 6.30. The number of hydrogen-bond acceptors (Lipinski definition) is 2. The van der Waals surface area contributed by atoms with Crippen LogP contribution in [0.25, 0.3) is 10.8 Å². The molecule has 146 valence electrons. The Morgan fingerprint density at radius 2 is 1.59 bits per heavy atom. The summed E-state index contributed by atoms with van der Waals surface area (Å²) < 4.78 is 33.6. The number of benzene rings is 3. The quantitative estimate of drug-likeness (QED) is 0.400. The molecule has 4 heteroatoms. The number of fused-ring (bicyclic) bond motifs is 1. The van der Waals surface area contributed by atoms with Crippen molar-refractivity contribution in [1.82, 2.24) is 4.98 Å². The smallest absolute Gasteiger partial charge is 0.148 e. The molecule has 4 aromatic rings. The molecular weight excluding hydrogens is 368 g/mol. The highest BCUT2D eigenvalue weighted by Crippen LogP contribution is 2.32. The summed E-state index contributed by atoms with van der Waals surface area (Å²) in [6, 6.07) is 19.4. The van der Waals surface area contributed by atoms with Gasteiger partial charge in [0.15, 0.2) is 0 Å². The van der Waals surface area contributed by atoms with E-state index in [0.29, 0.717) is 18.6 Å². The van der Waals surface area contributed by atoms with Gasteiger partial charge in [-0.15, -0.1) is 0 Å². The Morgan fingerprint density at radius 3 is 2.38 bits per heavy atom. The van der Waals surface area contributed by atoms with Crippen molar-refractivity contribution in [1.29, 1.82) is 0 Å². The second kappa shape index (κ2) is 8.00. The van der Waals surface area contributed by atoms with Crippen LogP contribution in [0.4, 0.5) is 8.78 Å². The van der Waals surface area contributed by atoms with Gasteiger partial charge in [-0.3, -0.25) is 4.98 Å². The number of rotatable bonds is 5. The summed E-state index contributed by atoms with van der Waals surface area (Å²) in [5.74, 6) is -0.0951. The molecule has 3 aromatic carbocycles. The topological polar surface area (TPSA) is 22.1 Å². The second-order valence-corrected chi connectivity index (χ2v) is 7.18. The van der Waals surface area contributed by atoms with Gasteiger partial charge in [0.2, 0.25) is 0 Å². The Hall–Kier alpha value is -3.27. The average molecular weight is 389 g/mol. The fraction of sp³-hybridized carbons (Fsp3) is 0.160. The van der Waals surface area contributed by atoms with E-state index in [1.54, 1.807) is 0 Å². The van der Waals surface area contributed by atoms with Gasteiger partial charge in [0.25, 0.3) is 0 Å².